The van der Waals surface area contributed by atoms with Gasteiger partial charge in [-0.15, -0.1) is 0 Å². The highest BCUT2D eigenvalue weighted by atomic mass is 19.1. The highest BCUT2D eigenvalue weighted by molar-refractivity contribution is 5.97. The molecule has 6 heteroatoms. The van der Waals surface area contributed by atoms with Gasteiger partial charge in [0.1, 0.15) is 17.1 Å². The number of hydrogen-bond donors (Lipinski definition) is 2. The molecule has 1 fully saturated rings. The third-order valence-corrected chi connectivity index (χ3v) is 3.35. The summed E-state index contributed by atoms with van der Waals surface area (Å²) in [4.78, 5) is 14.3. The van der Waals surface area contributed by atoms with Crippen LogP contribution in [-0.2, 0) is 0 Å². The molecule has 0 bridgehead atoms. The average molecular weight is 281 g/mol. The normalized spacial score (nSPS) is 15.9. The molecule has 1 aliphatic rings. The topological polar surface area (TPSA) is 53.6 Å². The van der Waals surface area contributed by atoms with Crippen LogP contribution in [0, 0.1) is 5.82 Å². The van der Waals surface area contributed by atoms with E-state index in [-0.39, 0.29) is 11.3 Å². The van der Waals surface area contributed by atoms with Crippen LogP contribution in [0.15, 0.2) is 18.2 Å². The van der Waals surface area contributed by atoms with Crippen molar-refractivity contribution in [2.45, 2.75) is 0 Å². The van der Waals surface area contributed by atoms with Gasteiger partial charge in [-0.1, -0.05) is 6.07 Å². The van der Waals surface area contributed by atoms with Crippen LogP contribution in [0.4, 0.5) is 4.39 Å². The Bertz CT molecular complexity index is 462. The lowest BCUT2D eigenvalue weighted by atomic mass is 10.1. The highest BCUT2D eigenvalue weighted by Crippen LogP contribution is 2.20. The predicted molar refractivity (Wildman–Crippen MR) is 74.6 cm³/mol. The third-order valence-electron chi connectivity index (χ3n) is 3.35. The van der Waals surface area contributed by atoms with Gasteiger partial charge in [-0.25, -0.2) is 4.39 Å². The van der Waals surface area contributed by atoms with Gasteiger partial charge in [-0.3, -0.25) is 9.69 Å². The van der Waals surface area contributed by atoms with Gasteiger partial charge in [0.2, 0.25) is 0 Å². The van der Waals surface area contributed by atoms with E-state index < -0.39 is 11.7 Å². The quantitative estimate of drug-likeness (QED) is 0.824. The van der Waals surface area contributed by atoms with Crippen LogP contribution in [0.1, 0.15) is 10.4 Å². The highest BCUT2D eigenvalue weighted by Gasteiger charge is 2.17. The smallest absolute Gasteiger partial charge is 0.258 e. The minimum Gasteiger partial charge on any atom is -0.496 e. The molecule has 1 aromatic rings. The Hall–Kier alpha value is -1.66. The molecule has 5 nitrogen and oxygen atoms in total. The maximum absolute atomic E-state index is 13.7. The van der Waals surface area contributed by atoms with Crippen molar-refractivity contribution < 1.29 is 13.9 Å². The van der Waals surface area contributed by atoms with E-state index in [1.807, 2.05) is 0 Å². The monoisotopic (exact) mass is 281 g/mol. The fourth-order valence-corrected chi connectivity index (χ4v) is 2.25. The maximum Gasteiger partial charge on any atom is 0.258 e. The van der Waals surface area contributed by atoms with Gasteiger partial charge < -0.3 is 15.4 Å². The van der Waals surface area contributed by atoms with Crippen LogP contribution in [0.3, 0.4) is 0 Å². The van der Waals surface area contributed by atoms with Gasteiger partial charge in [-0.05, 0) is 12.1 Å². The van der Waals surface area contributed by atoms with Gasteiger partial charge in [0.05, 0.1) is 7.11 Å². The number of piperazine rings is 1. The van der Waals surface area contributed by atoms with Gasteiger partial charge in [0, 0.05) is 39.3 Å². The SMILES string of the molecule is COc1cccc(F)c1C(=O)NCCN1CCNCC1. The molecule has 2 rings (SSSR count). The van der Waals surface area contributed by atoms with Crippen LogP contribution < -0.4 is 15.4 Å². The maximum atomic E-state index is 13.7. The average Bonchev–Trinajstić information content (AvgIpc) is 2.47. The standard InChI is InChI=1S/C14H20FN3O2/c1-20-12-4-2-3-11(15)13(12)14(19)17-7-10-18-8-5-16-6-9-18/h2-4,16H,5-10H2,1H3,(H,17,19). The number of carbonyl (C=O) groups is 1. The summed E-state index contributed by atoms with van der Waals surface area (Å²) in [5, 5.41) is 6.01. The van der Waals surface area contributed by atoms with Crippen LogP contribution >= 0.6 is 0 Å². The molecule has 0 saturated carbocycles. The van der Waals surface area contributed by atoms with E-state index in [0.717, 1.165) is 32.7 Å². The lowest BCUT2D eigenvalue weighted by Crippen LogP contribution is -2.46. The summed E-state index contributed by atoms with van der Waals surface area (Å²) in [7, 11) is 1.42. The second kappa shape index (κ2) is 7.21. The summed E-state index contributed by atoms with van der Waals surface area (Å²) >= 11 is 0. The van der Waals surface area contributed by atoms with Crippen LogP contribution in [0.5, 0.6) is 5.75 Å². The van der Waals surface area contributed by atoms with Crippen molar-refractivity contribution in [1.82, 2.24) is 15.5 Å². The molecule has 1 saturated heterocycles. The zero-order chi connectivity index (χ0) is 14.4. The van der Waals surface area contributed by atoms with E-state index in [2.05, 4.69) is 15.5 Å². The molecule has 0 atom stereocenters. The number of halogens is 1. The summed E-state index contributed by atoms with van der Waals surface area (Å²) in [6.45, 7) is 5.14. The first-order valence-electron chi connectivity index (χ1n) is 6.76. The fraction of sp³-hybridized carbons (Fsp3) is 0.500. The second-order valence-corrected chi connectivity index (χ2v) is 4.66. The second-order valence-electron chi connectivity index (χ2n) is 4.66. The summed E-state index contributed by atoms with van der Waals surface area (Å²) in [6, 6.07) is 4.35. The number of amides is 1. The molecule has 1 aliphatic heterocycles. The first kappa shape index (κ1) is 14.7. The van der Waals surface area contributed by atoms with Crippen LogP contribution in [-0.4, -0.2) is 57.2 Å². The molecule has 1 aromatic carbocycles. The number of benzene rings is 1. The Labute approximate surface area is 118 Å². The molecule has 20 heavy (non-hydrogen) atoms. The van der Waals surface area contributed by atoms with E-state index >= 15 is 0 Å². The van der Waals surface area contributed by atoms with E-state index in [1.165, 1.54) is 19.2 Å². The van der Waals surface area contributed by atoms with Crippen molar-refractivity contribution >= 4 is 5.91 Å². The first-order valence-corrected chi connectivity index (χ1v) is 6.76. The molecule has 0 spiro atoms. The van der Waals surface area contributed by atoms with Crippen molar-refractivity contribution in [2.24, 2.45) is 0 Å². The van der Waals surface area contributed by atoms with Crippen molar-refractivity contribution in [1.29, 1.82) is 0 Å². The third kappa shape index (κ3) is 3.68. The Morgan fingerprint density at radius 3 is 2.90 bits per heavy atom. The van der Waals surface area contributed by atoms with E-state index in [9.17, 15) is 9.18 Å². The van der Waals surface area contributed by atoms with Gasteiger partial charge >= 0.3 is 0 Å². The number of carbonyl (C=O) groups excluding carboxylic acids is 1. The summed E-state index contributed by atoms with van der Waals surface area (Å²) in [6.07, 6.45) is 0. The molecule has 2 N–H and O–H groups in total. The minimum absolute atomic E-state index is 0.0321. The molecular formula is C14H20FN3O2. The lowest BCUT2D eigenvalue weighted by Gasteiger charge is -2.27. The zero-order valence-corrected chi connectivity index (χ0v) is 11.6. The molecule has 110 valence electrons. The van der Waals surface area contributed by atoms with E-state index in [0.29, 0.717) is 6.54 Å². The fourth-order valence-electron chi connectivity index (χ4n) is 2.25. The number of methoxy groups -OCH3 is 1. The van der Waals surface area contributed by atoms with Crippen molar-refractivity contribution in [3.63, 3.8) is 0 Å². The molecule has 1 heterocycles. The molecule has 0 aromatic heterocycles. The summed E-state index contributed by atoms with van der Waals surface area (Å²) in [5.41, 5.74) is -0.0321. The Morgan fingerprint density at radius 2 is 2.20 bits per heavy atom. The molecule has 0 radical (unpaired) electrons. The van der Waals surface area contributed by atoms with E-state index in [4.69, 9.17) is 4.74 Å². The number of nitrogens with zero attached hydrogens (tertiary/aromatic N) is 1. The zero-order valence-electron chi connectivity index (χ0n) is 11.6. The van der Waals surface area contributed by atoms with Gasteiger partial charge in [0.15, 0.2) is 0 Å². The molecule has 0 aliphatic carbocycles. The van der Waals surface area contributed by atoms with Crippen molar-refractivity contribution in [2.75, 3.05) is 46.4 Å². The van der Waals surface area contributed by atoms with Crippen LogP contribution in [0.25, 0.3) is 0 Å². The molecular weight excluding hydrogens is 261 g/mol. The Kier molecular flexibility index (Phi) is 5.31. The van der Waals surface area contributed by atoms with Crippen molar-refractivity contribution in [3.05, 3.63) is 29.6 Å². The molecule has 0 unspecified atom stereocenters. The van der Waals surface area contributed by atoms with E-state index in [1.54, 1.807) is 6.07 Å². The Balaban J connectivity index is 1.88. The van der Waals surface area contributed by atoms with Crippen molar-refractivity contribution in [3.8, 4) is 5.75 Å². The number of nitrogens with one attached hydrogen (secondary N) is 2. The Morgan fingerprint density at radius 1 is 1.45 bits per heavy atom. The van der Waals surface area contributed by atoms with Gasteiger partial charge in [0.25, 0.3) is 5.91 Å². The lowest BCUT2D eigenvalue weighted by molar-refractivity contribution is 0.0940. The minimum atomic E-state index is -0.566. The van der Waals surface area contributed by atoms with Crippen LogP contribution in [0.2, 0.25) is 0 Å². The predicted octanol–water partition coefficient (Wildman–Crippen LogP) is 0.469. The largest absolute Gasteiger partial charge is 0.496 e. The summed E-state index contributed by atoms with van der Waals surface area (Å²) in [5.74, 6) is -0.747. The number of rotatable bonds is 5. The molecule has 1 amide bonds. The van der Waals surface area contributed by atoms with Gasteiger partial charge in [-0.2, -0.15) is 0 Å². The summed E-state index contributed by atoms with van der Waals surface area (Å²) < 4.78 is 18.7. The number of hydrogen-bond acceptors (Lipinski definition) is 4. The number of ether oxygens (including phenoxy) is 1. The first-order chi connectivity index (χ1) is 9.72.